The van der Waals surface area contributed by atoms with Crippen molar-refractivity contribution in [1.29, 1.82) is 0 Å². The lowest BCUT2D eigenvalue weighted by molar-refractivity contribution is 0.365. The molecule has 1 aliphatic heterocycles. The van der Waals surface area contributed by atoms with E-state index in [1.165, 1.54) is 0 Å². The number of nitrogens with one attached hydrogen (secondary N) is 3. The number of rotatable bonds is 4. The zero-order valence-corrected chi connectivity index (χ0v) is 18.8. The predicted molar refractivity (Wildman–Crippen MR) is 133 cm³/mol. The fourth-order valence-corrected chi connectivity index (χ4v) is 3.80. The van der Waals surface area contributed by atoms with Crippen molar-refractivity contribution < 1.29 is 4.74 Å². The van der Waals surface area contributed by atoms with Crippen LogP contribution in [0.15, 0.2) is 90.5 Å². The van der Waals surface area contributed by atoms with Gasteiger partial charge < -0.3 is 20.7 Å². The van der Waals surface area contributed by atoms with Crippen LogP contribution in [0.3, 0.4) is 0 Å². The van der Waals surface area contributed by atoms with Crippen LogP contribution >= 0.6 is 12.2 Å². The summed E-state index contributed by atoms with van der Waals surface area (Å²) >= 11 is 5.61. The Kier molecular flexibility index (Phi) is 5.96. The monoisotopic (exact) mass is 429 g/mol. The molecule has 0 fully saturated rings. The first-order valence-electron chi connectivity index (χ1n) is 10.4. The van der Waals surface area contributed by atoms with Crippen LogP contribution in [0.2, 0.25) is 0 Å². The summed E-state index contributed by atoms with van der Waals surface area (Å²) in [6.07, 6.45) is 4.02. The largest absolute Gasteiger partial charge is 0.439 e. The average molecular weight is 430 g/mol. The second-order valence-corrected chi connectivity index (χ2v) is 8.89. The van der Waals surface area contributed by atoms with E-state index >= 15 is 0 Å². The molecule has 3 aromatic rings. The Hall–Kier alpha value is -3.31. The highest BCUT2D eigenvalue weighted by molar-refractivity contribution is 7.80. The summed E-state index contributed by atoms with van der Waals surface area (Å²) in [5.74, 6) is 1.49. The quantitative estimate of drug-likeness (QED) is 0.455. The number of para-hydroxylation sites is 1. The van der Waals surface area contributed by atoms with Crippen molar-refractivity contribution >= 4 is 33.8 Å². The van der Waals surface area contributed by atoms with Crippen LogP contribution in [-0.2, 0) is 5.41 Å². The summed E-state index contributed by atoms with van der Waals surface area (Å²) in [4.78, 5) is 0. The average Bonchev–Trinajstić information content (AvgIpc) is 2.75. The molecule has 0 saturated heterocycles. The summed E-state index contributed by atoms with van der Waals surface area (Å²) in [5, 5.41) is 12.7. The lowest BCUT2D eigenvalue weighted by atomic mass is 9.86. The summed E-state index contributed by atoms with van der Waals surface area (Å²) < 4.78 is 6.31. The first-order chi connectivity index (χ1) is 14.9. The van der Waals surface area contributed by atoms with E-state index in [0.29, 0.717) is 17.5 Å². The smallest absolute Gasteiger partial charge is 0.217 e. The summed E-state index contributed by atoms with van der Waals surface area (Å²) in [6, 6.07) is 22.5. The number of dihydropyridines is 1. The normalized spacial score (nSPS) is 13.6. The molecule has 4 rings (SSSR count). The van der Waals surface area contributed by atoms with E-state index in [1.54, 1.807) is 0 Å². The van der Waals surface area contributed by atoms with Crippen LogP contribution in [0.1, 0.15) is 26.3 Å². The van der Waals surface area contributed by atoms with E-state index in [9.17, 15) is 0 Å². The standard InChI is InChI=1S/C26H27N3OS/c1-26(2,3)20-13-6-7-16-23(20)30-24-22(15-9-17-27-24)29-25(31)28-21-14-8-11-18-10-4-5-12-19(18)21/h4-16,27H,17H2,1-3H3,(H2,28,29,31). The van der Waals surface area contributed by atoms with E-state index in [2.05, 4.69) is 61.0 Å². The van der Waals surface area contributed by atoms with E-state index < -0.39 is 0 Å². The van der Waals surface area contributed by atoms with Gasteiger partial charge in [0, 0.05) is 23.2 Å². The maximum Gasteiger partial charge on any atom is 0.217 e. The van der Waals surface area contributed by atoms with Gasteiger partial charge in [0.25, 0.3) is 0 Å². The third kappa shape index (κ3) is 4.89. The van der Waals surface area contributed by atoms with E-state index in [1.807, 2.05) is 54.6 Å². The molecule has 0 aromatic heterocycles. The Morgan fingerprint density at radius 2 is 1.68 bits per heavy atom. The van der Waals surface area contributed by atoms with Crippen molar-refractivity contribution in [3.05, 3.63) is 96.0 Å². The van der Waals surface area contributed by atoms with Crippen molar-refractivity contribution in [2.75, 3.05) is 11.9 Å². The Balaban J connectivity index is 1.56. The van der Waals surface area contributed by atoms with E-state index in [4.69, 9.17) is 17.0 Å². The molecule has 4 nitrogen and oxygen atoms in total. The van der Waals surface area contributed by atoms with Crippen molar-refractivity contribution in [3.63, 3.8) is 0 Å². The highest BCUT2D eigenvalue weighted by Gasteiger charge is 2.21. The number of fused-ring (bicyclic) bond motifs is 1. The van der Waals surface area contributed by atoms with Gasteiger partial charge >= 0.3 is 0 Å². The van der Waals surface area contributed by atoms with Gasteiger partial charge in [-0.1, -0.05) is 81.4 Å². The lowest BCUT2D eigenvalue weighted by Gasteiger charge is -2.25. The van der Waals surface area contributed by atoms with Gasteiger partial charge in [0.1, 0.15) is 11.4 Å². The molecule has 0 spiro atoms. The maximum atomic E-state index is 6.31. The molecule has 0 radical (unpaired) electrons. The Labute approximate surface area is 189 Å². The predicted octanol–water partition coefficient (Wildman–Crippen LogP) is 5.83. The molecule has 158 valence electrons. The van der Waals surface area contributed by atoms with Crippen LogP contribution in [0.5, 0.6) is 5.75 Å². The number of hydrogen-bond donors (Lipinski definition) is 3. The number of allylic oxidation sites excluding steroid dienone is 1. The molecule has 3 N–H and O–H groups in total. The minimum absolute atomic E-state index is 0.0273. The SMILES string of the molecule is CC(C)(C)c1ccccc1OC1=C(NC(=S)Nc2cccc3ccccc23)C=CCN1. The maximum absolute atomic E-state index is 6.31. The molecule has 0 unspecified atom stereocenters. The molecule has 5 heteroatoms. The van der Waals surface area contributed by atoms with Gasteiger partial charge in [0.2, 0.25) is 5.88 Å². The van der Waals surface area contributed by atoms with Gasteiger partial charge in [0.15, 0.2) is 5.11 Å². The zero-order chi connectivity index (χ0) is 21.8. The van der Waals surface area contributed by atoms with Gasteiger partial charge in [-0.2, -0.15) is 0 Å². The van der Waals surface area contributed by atoms with Gasteiger partial charge in [-0.05, 0) is 41.2 Å². The molecule has 0 atom stereocenters. The van der Waals surface area contributed by atoms with E-state index in [0.717, 1.165) is 33.5 Å². The molecule has 0 amide bonds. The van der Waals surface area contributed by atoms with Crippen molar-refractivity contribution in [3.8, 4) is 5.75 Å². The van der Waals surface area contributed by atoms with E-state index in [-0.39, 0.29) is 5.41 Å². The second-order valence-electron chi connectivity index (χ2n) is 8.48. The number of thiocarbonyl (C=S) groups is 1. The highest BCUT2D eigenvalue weighted by atomic mass is 32.1. The van der Waals surface area contributed by atoms with Crippen LogP contribution in [0, 0.1) is 0 Å². The molecular formula is C26H27N3OS. The molecule has 1 aliphatic rings. The van der Waals surface area contributed by atoms with Gasteiger partial charge in [-0.25, -0.2) is 0 Å². The van der Waals surface area contributed by atoms with Crippen LogP contribution in [0.25, 0.3) is 10.8 Å². The molecule has 1 heterocycles. The van der Waals surface area contributed by atoms with Crippen LogP contribution < -0.4 is 20.7 Å². The molecular weight excluding hydrogens is 402 g/mol. The number of anilines is 1. The third-order valence-corrected chi connectivity index (χ3v) is 5.31. The molecule has 0 saturated carbocycles. The van der Waals surface area contributed by atoms with Crippen LogP contribution in [0.4, 0.5) is 5.69 Å². The third-order valence-electron chi connectivity index (χ3n) is 5.10. The molecule has 0 aliphatic carbocycles. The van der Waals surface area contributed by atoms with Gasteiger partial charge in [-0.15, -0.1) is 0 Å². The zero-order valence-electron chi connectivity index (χ0n) is 18.0. The number of benzene rings is 3. The fraction of sp³-hybridized carbons (Fsp3) is 0.192. The van der Waals surface area contributed by atoms with Crippen molar-refractivity contribution in [1.82, 2.24) is 10.6 Å². The van der Waals surface area contributed by atoms with Gasteiger partial charge in [0.05, 0.1) is 0 Å². The Bertz CT molecular complexity index is 1170. The van der Waals surface area contributed by atoms with Crippen molar-refractivity contribution in [2.24, 2.45) is 0 Å². The summed E-state index contributed by atoms with van der Waals surface area (Å²) in [5.41, 5.74) is 2.87. The summed E-state index contributed by atoms with van der Waals surface area (Å²) in [6.45, 7) is 7.24. The number of hydrogen-bond acceptors (Lipinski definition) is 3. The van der Waals surface area contributed by atoms with Crippen molar-refractivity contribution in [2.45, 2.75) is 26.2 Å². The molecule has 0 bridgehead atoms. The first-order valence-corrected chi connectivity index (χ1v) is 10.8. The molecule has 3 aromatic carbocycles. The topological polar surface area (TPSA) is 45.3 Å². The Morgan fingerprint density at radius 3 is 2.52 bits per heavy atom. The molecule has 31 heavy (non-hydrogen) atoms. The Morgan fingerprint density at radius 1 is 0.935 bits per heavy atom. The first kappa shape index (κ1) is 20.9. The summed E-state index contributed by atoms with van der Waals surface area (Å²) in [7, 11) is 0. The highest BCUT2D eigenvalue weighted by Crippen LogP contribution is 2.32. The fourth-order valence-electron chi connectivity index (χ4n) is 3.58. The minimum atomic E-state index is -0.0273. The number of ether oxygens (including phenoxy) is 1. The van der Waals surface area contributed by atoms with Crippen LogP contribution in [-0.4, -0.2) is 11.7 Å². The lowest BCUT2D eigenvalue weighted by Crippen LogP contribution is -2.34. The second kappa shape index (κ2) is 8.82. The minimum Gasteiger partial charge on any atom is -0.439 e. The van der Waals surface area contributed by atoms with Gasteiger partial charge in [-0.3, -0.25) is 0 Å².